The number of carbonyl (C=O) groups excluding carboxylic acids is 2. The standard InChI is InChI=1S/C13H24N2O3/c1-8(11(16)15-10-6-7-10)14-9(2)12(17)18-13(3,4)5/h8-10,14H,6-7H2,1-5H3,(H,15,16). The lowest BCUT2D eigenvalue weighted by atomic mass is 10.2. The van der Waals surface area contributed by atoms with Gasteiger partial charge in [-0.15, -0.1) is 0 Å². The molecular formula is C13H24N2O3. The molecule has 0 aromatic heterocycles. The van der Waals surface area contributed by atoms with Crippen molar-refractivity contribution in [3.8, 4) is 0 Å². The summed E-state index contributed by atoms with van der Waals surface area (Å²) in [5, 5.41) is 5.84. The van der Waals surface area contributed by atoms with Crippen LogP contribution in [0.5, 0.6) is 0 Å². The maximum Gasteiger partial charge on any atom is 0.323 e. The fourth-order valence-electron chi connectivity index (χ4n) is 1.46. The number of hydrogen-bond acceptors (Lipinski definition) is 4. The SMILES string of the molecule is CC(NC(C)C(=O)OC(C)(C)C)C(=O)NC1CC1. The number of amides is 1. The van der Waals surface area contributed by atoms with Gasteiger partial charge in [-0.25, -0.2) is 0 Å². The third kappa shape index (κ3) is 5.49. The van der Waals surface area contributed by atoms with Gasteiger partial charge in [-0.2, -0.15) is 0 Å². The third-order valence-electron chi connectivity index (χ3n) is 2.58. The molecule has 5 nitrogen and oxygen atoms in total. The van der Waals surface area contributed by atoms with Crippen molar-refractivity contribution in [2.45, 2.75) is 71.2 Å². The summed E-state index contributed by atoms with van der Waals surface area (Å²) < 4.78 is 5.24. The number of ether oxygens (including phenoxy) is 1. The fraction of sp³-hybridized carbons (Fsp3) is 0.846. The molecule has 0 spiro atoms. The maximum absolute atomic E-state index is 11.7. The molecule has 2 N–H and O–H groups in total. The second-order valence-electron chi connectivity index (χ2n) is 5.93. The molecular weight excluding hydrogens is 232 g/mol. The summed E-state index contributed by atoms with van der Waals surface area (Å²) in [6.07, 6.45) is 2.11. The highest BCUT2D eigenvalue weighted by atomic mass is 16.6. The Hall–Kier alpha value is -1.10. The molecule has 1 amide bonds. The number of rotatable bonds is 5. The number of esters is 1. The van der Waals surface area contributed by atoms with Crippen molar-refractivity contribution >= 4 is 11.9 Å². The molecule has 0 heterocycles. The van der Waals surface area contributed by atoms with Crippen LogP contribution in [0.1, 0.15) is 47.5 Å². The van der Waals surface area contributed by atoms with Crippen LogP contribution in [0.2, 0.25) is 0 Å². The molecule has 104 valence electrons. The smallest absolute Gasteiger partial charge is 0.323 e. The quantitative estimate of drug-likeness (QED) is 0.719. The molecule has 2 atom stereocenters. The lowest BCUT2D eigenvalue weighted by Gasteiger charge is -2.24. The first kappa shape index (κ1) is 15.0. The lowest BCUT2D eigenvalue weighted by molar-refractivity contribution is -0.157. The summed E-state index contributed by atoms with van der Waals surface area (Å²) in [5.74, 6) is -0.401. The van der Waals surface area contributed by atoms with E-state index in [2.05, 4.69) is 10.6 Å². The molecule has 0 saturated heterocycles. The van der Waals surface area contributed by atoms with Crippen LogP contribution in [0.25, 0.3) is 0 Å². The van der Waals surface area contributed by atoms with Gasteiger partial charge in [0, 0.05) is 6.04 Å². The highest BCUT2D eigenvalue weighted by Gasteiger charge is 2.28. The molecule has 1 fully saturated rings. The molecule has 0 aromatic carbocycles. The summed E-state index contributed by atoms with van der Waals surface area (Å²) >= 11 is 0. The molecule has 0 bridgehead atoms. The molecule has 18 heavy (non-hydrogen) atoms. The Bertz CT molecular complexity index is 319. The van der Waals surface area contributed by atoms with Gasteiger partial charge in [-0.1, -0.05) is 0 Å². The van der Waals surface area contributed by atoms with Crippen LogP contribution in [0.15, 0.2) is 0 Å². The van der Waals surface area contributed by atoms with E-state index in [4.69, 9.17) is 4.74 Å². The Labute approximate surface area is 109 Å². The first-order valence-corrected chi connectivity index (χ1v) is 6.48. The average Bonchev–Trinajstić information content (AvgIpc) is 2.98. The van der Waals surface area contributed by atoms with Crippen molar-refractivity contribution in [2.75, 3.05) is 0 Å². The summed E-state index contributed by atoms with van der Waals surface area (Å²) in [6.45, 7) is 8.91. The third-order valence-corrected chi connectivity index (χ3v) is 2.58. The highest BCUT2D eigenvalue weighted by molar-refractivity contribution is 5.83. The van der Waals surface area contributed by atoms with Crippen LogP contribution in [0, 0.1) is 0 Å². The van der Waals surface area contributed by atoms with E-state index in [1.807, 2.05) is 20.8 Å². The van der Waals surface area contributed by atoms with E-state index in [1.165, 1.54) is 0 Å². The van der Waals surface area contributed by atoms with Crippen molar-refractivity contribution in [1.29, 1.82) is 0 Å². The first-order chi connectivity index (χ1) is 8.19. The molecule has 0 aliphatic heterocycles. The van der Waals surface area contributed by atoms with Crippen molar-refractivity contribution in [1.82, 2.24) is 10.6 Å². The minimum atomic E-state index is -0.507. The second kappa shape index (κ2) is 5.69. The molecule has 1 aliphatic carbocycles. The Morgan fingerprint density at radius 1 is 1.17 bits per heavy atom. The molecule has 1 saturated carbocycles. The Morgan fingerprint density at radius 2 is 1.72 bits per heavy atom. The topological polar surface area (TPSA) is 67.4 Å². The number of nitrogens with one attached hydrogen (secondary N) is 2. The van der Waals surface area contributed by atoms with Gasteiger partial charge in [-0.05, 0) is 47.5 Å². The minimum Gasteiger partial charge on any atom is -0.459 e. The molecule has 1 aliphatic rings. The van der Waals surface area contributed by atoms with Gasteiger partial charge in [0.25, 0.3) is 0 Å². The Morgan fingerprint density at radius 3 is 2.17 bits per heavy atom. The average molecular weight is 256 g/mol. The normalized spacial score (nSPS) is 18.9. The van der Waals surface area contributed by atoms with Crippen LogP contribution in [-0.2, 0) is 14.3 Å². The van der Waals surface area contributed by atoms with Gasteiger partial charge in [0.05, 0.1) is 6.04 Å². The van der Waals surface area contributed by atoms with Gasteiger partial charge >= 0.3 is 5.97 Å². The zero-order valence-corrected chi connectivity index (χ0v) is 11.9. The van der Waals surface area contributed by atoms with Crippen LogP contribution in [0.3, 0.4) is 0 Å². The fourth-order valence-corrected chi connectivity index (χ4v) is 1.46. The van der Waals surface area contributed by atoms with E-state index in [0.717, 1.165) is 12.8 Å². The van der Waals surface area contributed by atoms with E-state index in [0.29, 0.717) is 6.04 Å². The van der Waals surface area contributed by atoms with Crippen molar-refractivity contribution < 1.29 is 14.3 Å². The van der Waals surface area contributed by atoms with Gasteiger partial charge < -0.3 is 10.1 Å². The first-order valence-electron chi connectivity index (χ1n) is 6.48. The molecule has 1 rings (SSSR count). The van der Waals surface area contributed by atoms with Gasteiger partial charge in [0.15, 0.2) is 0 Å². The monoisotopic (exact) mass is 256 g/mol. The van der Waals surface area contributed by atoms with Crippen LogP contribution in [0.4, 0.5) is 0 Å². The summed E-state index contributed by atoms with van der Waals surface area (Å²) in [4.78, 5) is 23.4. The largest absolute Gasteiger partial charge is 0.459 e. The van der Waals surface area contributed by atoms with Crippen LogP contribution >= 0.6 is 0 Å². The molecule has 0 aromatic rings. The minimum absolute atomic E-state index is 0.0621. The number of carbonyl (C=O) groups is 2. The highest BCUT2D eigenvalue weighted by Crippen LogP contribution is 2.18. The van der Waals surface area contributed by atoms with Crippen molar-refractivity contribution in [2.24, 2.45) is 0 Å². The lowest BCUT2D eigenvalue weighted by Crippen LogP contribution is -2.50. The second-order valence-corrected chi connectivity index (χ2v) is 5.93. The van der Waals surface area contributed by atoms with Gasteiger partial charge in [0.2, 0.25) is 5.91 Å². The van der Waals surface area contributed by atoms with E-state index >= 15 is 0 Å². The van der Waals surface area contributed by atoms with Crippen molar-refractivity contribution in [3.05, 3.63) is 0 Å². The summed E-state index contributed by atoms with van der Waals surface area (Å²) in [7, 11) is 0. The van der Waals surface area contributed by atoms with E-state index in [1.54, 1.807) is 13.8 Å². The molecule has 0 radical (unpaired) electrons. The molecule has 5 heteroatoms. The molecule has 2 unspecified atom stereocenters. The van der Waals surface area contributed by atoms with Gasteiger partial charge in [0.1, 0.15) is 11.6 Å². The number of hydrogen-bond donors (Lipinski definition) is 2. The Balaban J connectivity index is 2.35. The van der Waals surface area contributed by atoms with Gasteiger partial charge in [-0.3, -0.25) is 14.9 Å². The zero-order valence-electron chi connectivity index (χ0n) is 11.9. The van der Waals surface area contributed by atoms with Crippen LogP contribution in [-0.4, -0.2) is 35.6 Å². The Kier molecular flexibility index (Phi) is 4.73. The van der Waals surface area contributed by atoms with E-state index in [9.17, 15) is 9.59 Å². The predicted molar refractivity (Wildman–Crippen MR) is 69.1 cm³/mol. The summed E-state index contributed by atoms with van der Waals surface area (Å²) in [6, 6.07) is -0.559. The predicted octanol–water partition coefficient (Wildman–Crippen LogP) is 0.973. The van der Waals surface area contributed by atoms with Crippen molar-refractivity contribution in [3.63, 3.8) is 0 Å². The van der Waals surface area contributed by atoms with E-state index < -0.39 is 17.7 Å². The van der Waals surface area contributed by atoms with E-state index in [-0.39, 0.29) is 11.9 Å². The summed E-state index contributed by atoms with van der Waals surface area (Å²) in [5.41, 5.74) is -0.507. The zero-order chi connectivity index (χ0) is 13.9. The maximum atomic E-state index is 11.7. The van der Waals surface area contributed by atoms with Crippen LogP contribution < -0.4 is 10.6 Å².